The number of nitrogens with one attached hydrogen (secondary N) is 1. The quantitative estimate of drug-likeness (QED) is 0.334. The number of nitrogens with zero attached hydrogens (tertiary/aromatic N) is 2. The molecule has 4 rings (SSSR count). The van der Waals surface area contributed by atoms with Gasteiger partial charge in [0.05, 0.1) is 11.7 Å². The second-order valence-corrected chi connectivity index (χ2v) is 11.1. The van der Waals surface area contributed by atoms with Crippen LogP contribution in [0.5, 0.6) is 0 Å². The summed E-state index contributed by atoms with van der Waals surface area (Å²) in [7, 11) is 0. The lowest BCUT2D eigenvalue weighted by Crippen LogP contribution is -2.42. The van der Waals surface area contributed by atoms with Crippen molar-refractivity contribution in [2.75, 3.05) is 0 Å². The topological polar surface area (TPSA) is 74.0 Å². The zero-order chi connectivity index (χ0) is 23.6. The molecule has 33 heavy (non-hydrogen) atoms. The fourth-order valence-corrected chi connectivity index (χ4v) is 4.54. The Kier molecular flexibility index (Phi) is 6.70. The molecule has 5 nitrogen and oxygen atoms in total. The smallest absolute Gasteiger partial charge is 0.167 e. The Morgan fingerprint density at radius 3 is 2.58 bits per heavy atom. The average Bonchev–Trinajstić information content (AvgIpc) is 3.23. The third-order valence-electron chi connectivity index (χ3n) is 5.60. The first kappa shape index (κ1) is 23.2. The Labute approximate surface area is 198 Å². The van der Waals surface area contributed by atoms with E-state index in [2.05, 4.69) is 22.5 Å². The molecule has 0 aliphatic heterocycles. The molecule has 0 fully saturated rings. The van der Waals surface area contributed by atoms with Gasteiger partial charge in [0.15, 0.2) is 5.58 Å². The molecule has 2 aromatic carbocycles. The molecule has 0 aliphatic carbocycles. The van der Waals surface area contributed by atoms with E-state index in [9.17, 15) is 4.55 Å². The summed E-state index contributed by atoms with van der Waals surface area (Å²) in [6, 6.07) is 19.7. The van der Waals surface area contributed by atoms with Crippen molar-refractivity contribution in [3.05, 3.63) is 89.8 Å². The van der Waals surface area contributed by atoms with Gasteiger partial charge in [-0.3, -0.25) is 4.98 Å². The molecule has 0 amide bonds. The third kappa shape index (κ3) is 5.03. The second-order valence-electron chi connectivity index (χ2n) is 9.07. The van der Waals surface area contributed by atoms with E-state index < -0.39 is 16.1 Å². The van der Waals surface area contributed by atoms with Gasteiger partial charge in [-0.15, -0.1) is 4.72 Å². The van der Waals surface area contributed by atoms with Gasteiger partial charge in [0.25, 0.3) is 0 Å². The summed E-state index contributed by atoms with van der Waals surface area (Å²) in [6.07, 6.45) is 2.32. The highest BCUT2D eigenvalue weighted by Crippen LogP contribution is 2.35. The molecule has 6 heteroatoms. The maximum atomic E-state index is 13.2. The summed E-state index contributed by atoms with van der Waals surface area (Å²) in [6.45, 7) is 11.8. The van der Waals surface area contributed by atoms with Gasteiger partial charge in [0.2, 0.25) is 0 Å². The lowest BCUT2D eigenvalue weighted by molar-refractivity contribution is 0.459. The highest BCUT2D eigenvalue weighted by atomic mass is 32.2. The molecule has 1 unspecified atom stereocenters. The summed E-state index contributed by atoms with van der Waals surface area (Å²) < 4.78 is 21.7. The van der Waals surface area contributed by atoms with Crippen LogP contribution in [0.4, 0.5) is 0 Å². The molecular weight excluding hydrogens is 430 g/mol. The zero-order valence-electron chi connectivity index (χ0n) is 19.5. The number of pyridine rings is 1. The second kappa shape index (κ2) is 9.51. The number of aromatic nitrogens is 2. The van der Waals surface area contributed by atoms with Crippen LogP contribution < -0.4 is 4.72 Å². The normalized spacial score (nSPS) is 13.7. The third-order valence-corrected chi connectivity index (χ3v) is 7.22. The van der Waals surface area contributed by atoms with Gasteiger partial charge in [-0.2, -0.15) is 0 Å². The van der Waals surface area contributed by atoms with Gasteiger partial charge in [0.1, 0.15) is 10.4 Å². The zero-order valence-corrected chi connectivity index (χ0v) is 20.3. The summed E-state index contributed by atoms with van der Waals surface area (Å²) in [5.74, 6) is 0. The molecule has 0 saturated carbocycles. The van der Waals surface area contributed by atoms with Crippen LogP contribution in [-0.4, -0.2) is 19.4 Å². The van der Waals surface area contributed by atoms with Crippen LogP contribution in [0.25, 0.3) is 28.3 Å². The molecule has 0 aliphatic rings. The van der Waals surface area contributed by atoms with Gasteiger partial charge in [-0.25, -0.2) is 0 Å². The molecule has 0 radical (unpaired) electrons. The van der Waals surface area contributed by atoms with Gasteiger partial charge in [0, 0.05) is 34.4 Å². The summed E-state index contributed by atoms with van der Waals surface area (Å²) in [5, 5.41) is 5.33. The van der Waals surface area contributed by atoms with Crippen LogP contribution in [-0.2, 0) is 17.8 Å². The van der Waals surface area contributed by atoms with Crippen molar-refractivity contribution in [3.63, 3.8) is 0 Å². The maximum absolute atomic E-state index is 13.2. The van der Waals surface area contributed by atoms with E-state index in [0.717, 1.165) is 44.7 Å². The summed E-state index contributed by atoms with van der Waals surface area (Å²) >= 11 is -1.28. The first-order valence-corrected chi connectivity index (χ1v) is 12.1. The van der Waals surface area contributed by atoms with Crippen LogP contribution in [0.3, 0.4) is 0 Å². The molecule has 4 aromatic rings. The van der Waals surface area contributed by atoms with E-state index in [1.54, 1.807) is 6.08 Å². The minimum absolute atomic E-state index is 0.247. The number of benzene rings is 2. The molecule has 2 atom stereocenters. The van der Waals surface area contributed by atoms with Crippen molar-refractivity contribution in [2.45, 2.75) is 44.9 Å². The first-order chi connectivity index (χ1) is 15.8. The van der Waals surface area contributed by atoms with Crippen LogP contribution in [0.1, 0.15) is 49.3 Å². The number of fused-ring (bicyclic) bond motifs is 1. The predicted molar refractivity (Wildman–Crippen MR) is 136 cm³/mol. The Balaban J connectivity index is 1.82. The van der Waals surface area contributed by atoms with E-state index in [0.29, 0.717) is 6.42 Å². The number of hydrogen-bond donors (Lipinski definition) is 1. The SMILES string of the molecule is C=Cc1ccc(C)c(CC(N[S@@+]([O-])C(C)(C)C)c2ccccc2-c2noc3ccccc23)n1. The first-order valence-electron chi connectivity index (χ1n) is 11.0. The van der Waals surface area contributed by atoms with Crippen molar-refractivity contribution >= 4 is 28.4 Å². The van der Waals surface area contributed by atoms with Crippen molar-refractivity contribution in [2.24, 2.45) is 0 Å². The van der Waals surface area contributed by atoms with Crippen molar-refractivity contribution < 1.29 is 9.08 Å². The Morgan fingerprint density at radius 2 is 1.82 bits per heavy atom. The minimum Gasteiger partial charge on any atom is -0.598 e. The minimum atomic E-state index is -1.28. The lowest BCUT2D eigenvalue weighted by atomic mass is 9.93. The summed E-state index contributed by atoms with van der Waals surface area (Å²) in [4.78, 5) is 4.78. The predicted octanol–water partition coefficient (Wildman–Crippen LogP) is 6.18. The van der Waals surface area contributed by atoms with Gasteiger partial charge in [-0.1, -0.05) is 54.2 Å². The standard InChI is InChI=1S/C27H29N3O2S/c1-6-19-16-15-18(2)23(28-19)17-24(30-33(31)27(3,4)5)20-11-7-8-12-21(20)26-22-13-9-10-14-25(22)32-29-26/h6-16,24,30H,1,17H2,2-5H3/t24?,33-/m0/s1. The van der Waals surface area contributed by atoms with Crippen LogP contribution in [0, 0.1) is 6.92 Å². The number of hydrogen-bond acceptors (Lipinski definition) is 5. The Bertz CT molecular complexity index is 1280. The summed E-state index contributed by atoms with van der Waals surface area (Å²) in [5.41, 5.74) is 6.30. The monoisotopic (exact) mass is 459 g/mol. The van der Waals surface area contributed by atoms with Gasteiger partial charge in [-0.05, 0) is 63.1 Å². The molecule has 0 spiro atoms. The van der Waals surface area contributed by atoms with Crippen molar-refractivity contribution in [3.8, 4) is 11.3 Å². The molecule has 170 valence electrons. The molecule has 0 saturated heterocycles. The van der Waals surface area contributed by atoms with E-state index in [4.69, 9.17) is 9.51 Å². The van der Waals surface area contributed by atoms with Gasteiger partial charge < -0.3 is 9.08 Å². The van der Waals surface area contributed by atoms with Crippen LogP contribution in [0.2, 0.25) is 0 Å². The fraction of sp³-hybridized carbons (Fsp3) is 0.259. The average molecular weight is 460 g/mol. The maximum Gasteiger partial charge on any atom is 0.167 e. The largest absolute Gasteiger partial charge is 0.598 e. The number of aryl methyl sites for hydroxylation is 1. The Hall–Kier alpha value is -2.93. The van der Waals surface area contributed by atoms with E-state index in [1.807, 2.05) is 82.3 Å². The van der Waals surface area contributed by atoms with E-state index in [-0.39, 0.29) is 6.04 Å². The van der Waals surface area contributed by atoms with Gasteiger partial charge >= 0.3 is 0 Å². The van der Waals surface area contributed by atoms with E-state index >= 15 is 0 Å². The molecule has 0 bridgehead atoms. The lowest BCUT2D eigenvalue weighted by Gasteiger charge is -2.29. The number of para-hydroxylation sites is 1. The molecule has 1 N–H and O–H groups in total. The fourth-order valence-electron chi connectivity index (χ4n) is 3.72. The van der Waals surface area contributed by atoms with Crippen molar-refractivity contribution in [1.29, 1.82) is 0 Å². The molecular formula is C27H29N3O2S. The highest BCUT2D eigenvalue weighted by Gasteiger charge is 2.32. The van der Waals surface area contributed by atoms with E-state index in [1.165, 1.54) is 0 Å². The van der Waals surface area contributed by atoms with Crippen molar-refractivity contribution in [1.82, 2.24) is 14.9 Å². The molecule has 2 heterocycles. The van der Waals surface area contributed by atoms with Crippen LogP contribution >= 0.6 is 0 Å². The molecule has 2 aromatic heterocycles. The number of rotatable bonds is 7. The van der Waals surface area contributed by atoms with Crippen LogP contribution in [0.15, 0.2) is 71.8 Å². The highest BCUT2D eigenvalue weighted by molar-refractivity contribution is 7.90. The Morgan fingerprint density at radius 1 is 1.09 bits per heavy atom.